The third kappa shape index (κ3) is 3.76. The second kappa shape index (κ2) is 6.02. The van der Waals surface area contributed by atoms with Crippen LogP contribution in [0.3, 0.4) is 0 Å². The molecule has 15 heavy (non-hydrogen) atoms. The molecule has 0 aliphatic carbocycles. The maximum absolute atomic E-state index is 13.1. The first-order valence-electron chi connectivity index (χ1n) is 4.62. The van der Waals surface area contributed by atoms with E-state index in [1.807, 2.05) is 0 Å². The molecular weight excluding hydrogens is 268 g/mol. The third-order valence-corrected chi connectivity index (χ3v) is 2.27. The molecule has 1 aromatic carbocycles. The Labute approximate surface area is 95.5 Å². The van der Waals surface area contributed by atoms with Crippen LogP contribution in [0.4, 0.5) is 8.78 Å². The quantitative estimate of drug-likeness (QED) is 0.665. The summed E-state index contributed by atoms with van der Waals surface area (Å²) in [5.74, 6) is -1.94. The first-order valence-corrected chi connectivity index (χ1v) is 5.42. The Morgan fingerprint density at radius 1 is 1.27 bits per heavy atom. The maximum atomic E-state index is 13.1. The van der Waals surface area contributed by atoms with E-state index in [0.717, 1.165) is 18.9 Å². The summed E-state index contributed by atoms with van der Waals surface area (Å²) in [6, 6.07) is 2.46. The summed E-state index contributed by atoms with van der Waals surface area (Å²) in [6.07, 6.45) is 1.53. The highest BCUT2D eigenvalue weighted by atomic mass is 79.9. The monoisotopic (exact) mass is 279 g/mol. The summed E-state index contributed by atoms with van der Waals surface area (Å²) in [5, 5.41) is 0. The molecule has 0 aromatic heterocycles. The number of unbranched alkanes of at least 4 members (excludes halogenated alkanes) is 1. The molecule has 0 heterocycles. The molecule has 0 radical (unpaired) electrons. The summed E-state index contributed by atoms with van der Waals surface area (Å²) in [5.41, 5.74) is 5.29. The number of halogens is 3. The Kier molecular flexibility index (Phi) is 4.98. The van der Waals surface area contributed by atoms with Crippen molar-refractivity contribution >= 4 is 15.9 Å². The van der Waals surface area contributed by atoms with Gasteiger partial charge in [0.2, 0.25) is 5.82 Å². The molecule has 0 fully saturated rings. The van der Waals surface area contributed by atoms with Gasteiger partial charge in [0.05, 0.1) is 6.61 Å². The topological polar surface area (TPSA) is 35.2 Å². The van der Waals surface area contributed by atoms with E-state index >= 15 is 0 Å². The van der Waals surface area contributed by atoms with Gasteiger partial charge in [-0.1, -0.05) is 15.9 Å². The van der Waals surface area contributed by atoms with Crippen LogP contribution in [-0.2, 0) is 0 Å². The summed E-state index contributed by atoms with van der Waals surface area (Å²) in [4.78, 5) is 0. The smallest absolute Gasteiger partial charge is 0.200 e. The summed E-state index contributed by atoms with van der Waals surface area (Å²) >= 11 is 3.06. The van der Waals surface area contributed by atoms with Gasteiger partial charge in [-0.3, -0.25) is 0 Å². The van der Waals surface area contributed by atoms with Crippen molar-refractivity contribution in [1.29, 1.82) is 0 Å². The van der Waals surface area contributed by atoms with E-state index in [1.54, 1.807) is 0 Å². The van der Waals surface area contributed by atoms with Crippen LogP contribution in [0.1, 0.15) is 12.8 Å². The Bertz CT molecular complexity index is 333. The highest BCUT2D eigenvalue weighted by molar-refractivity contribution is 9.10. The Morgan fingerprint density at radius 2 is 2.00 bits per heavy atom. The second-order valence-electron chi connectivity index (χ2n) is 3.04. The van der Waals surface area contributed by atoms with Gasteiger partial charge in [0.1, 0.15) is 0 Å². The van der Waals surface area contributed by atoms with Gasteiger partial charge in [-0.25, -0.2) is 4.39 Å². The van der Waals surface area contributed by atoms with Gasteiger partial charge in [-0.2, -0.15) is 4.39 Å². The summed E-state index contributed by atoms with van der Waals surface area (Å²) in [7, 11) is 0. The van der Waals surface area contributed by atoms with Crippen molar-refractivity contribution < 1.29 is 13.5 Å². The van der Waals surface area contributed by atoms with E-state index in [9.17, 15) is 8.78 Å². The van der Waals surface area contributed by atoms with Crippen LogP contribution in [0, 0.1) is 11.6 Å². The molecule has 84 valence electrons. The molecule has 1 aromatic rings. The Balaban J connectivity index is 2.60. The van der Waals surface area contributed by atoms with E-state index in [4.69, 9.17) is 10.5 Å². The van der Waals surface area contributed by atoms with Gasteiger partial charge in [0, 0.05) is 4.47 Å². The fourth-order valence-corrected chi connectivity index (χ4v) is 1.47. The normalized spacial score (nSPS) is 10.4. The minimum absolute atomic E-state index is 0.0705. The lowest BCUT2D eigenvalue weighted by Crippen LogP contribution is -2.04. The largest absolute Gasteiger partial charge is 0.490 e. The highest BCUT2D eigenvalue weighted by Gasteiger charge is 2.10. The molecule has 0 unspecified atom stereocenters. The van der Waals surface area contributed by atoms with Crippen LogP contribution in [-0.4, -0.2) is 13.2 Å². The molecule has 0 saturated heterocycles. The van der Waals surface area contributed by atoms with E-state index < -0.39 is 11.6 Å². The predicted octanol–water partition coefficient (Wildman–Crippen LogP) is 2.85. The van der Waals surface area contributed by atoms with Gasteiger partial charge in [0.25, 0.3) is 0 Å². The molecule has 0 aliphatic heterocycles. The standard InChI is InChI=1S/C10H12BrF2NO/c11-7-5-8(12)10(13)9(6-7)15-4-2-1-3-14/h5-6H,1-4,14H2. The number of ether oxygens (including phenoxy) is 1. The third-order valence-electron chi connectivity index (χ3n) is 1.82. The lowest BCUT2D eigenvalue weighted by atomic mass is 10.3. The summed E-state index contributed by atoms with van der Waals surface area (Å²) in [6.45, 7) is 0.905. The molecule has 0 bridgehead atoms. The molecule has 0 amide bonds. The lowest BCUT2D eigenvalue weighted by molar-refractivity contribution is 0.287. The van der Waals surface area contributed by atoms with E-state index in [2.05, 4.69) is 15.9 Å². The molecule has 0 aliphatic rings. The number of benzene rings is 1. The minimum Gasteiger partial charge on any atom is -0.490 e. The number of rotatable bonds is 5. The molecule has 1 rings (SSSR count). The van der Waals surface area contributed by atoms with E-state index in [0.29, 0.717) is 17.6 Å². The van der Waals surface area contributed by atoms with Gasteiger partial charge in [-0.05, 0) is 31.5 Å². The molecule has 0 saturated carbocycles. The van der Waals surface area contributed by atoms with Crippen LogP contribution < -0.4 is 10.5 Å². The zero-order valence-corrected chi connectivity index (χ0v) is 9.69. The lowest BCUT2D eigenvalue weighted by Gasteiger charge is -2.07. The predicted molar refractivity (Wildman–Crippen MR) is 57.8 cm³/mol. The van der Waals surface area contributed by atoms with Crippen molar-refractivity contribution in [3.05, 3.63) is 28.2 Å². The van der Waals surface area contributed by atoms with Crippen LogP contribution in [0.25, 0.3) is 0 Å². The second-order valence-corrected chi connectivity index (χ2v) is 3.96. The molecular formula is C10H12BrF2NO. The van der Waals surface area contributed by atoms with Crippen molar-refractivity contribution in [1.82, 2.24) is 0 Å². The number of nitrogens with two attached hydrogens (primary N) is 1. The fraction of sp³-hybridized carbons (Fsp3) is 0.400. The van der Waals surface area contributed by atoms with E-state index in [-0.39, 0.29) is 5.75 Å². The first-order chi connectivity index (χ1) is 7.15. The van der Waals surface area contributed by atoms with Gasteiger partial charge in [-0.15, -0.1) is 0 Å². The van der Waals surface area contributed by atoms with Crippen LogP contribution in [0.2, 0.25) is 0 Å². The van der Waals surface area contributed by atoms with Gasteiger partial charge >= 0.3 is 0 Å². The minimum atomic E-state index is -0.953. The SMILES string of the molecule is NCCCCOc1cc(Br)cc(F)c1F. The summed E-state index contributed by atoms with van der Waals surface area (Å²) < 4.78 is 31.6. The van der Waals surface area contributed by atoms with Gasteiger partial charge < -0.3 is 10.5 Å². The number of hydrogen-bond acceptors (Lipinski definition) is 2. The van der Waals surface area contributed by atoms with Crippen molar-refractivity contribution in [2.75, 3.05) is 13.2 Å². The van der Waals surface area contributed by atoms with Crippen LogP contribution in [0.15, 0.2) is 16.6 Å². The van der Waals surface area contributed by atoms with E-state index in [1.165, 1.54) is 6.07 Å². The molecule has 0 spiro atoms. The van der Waals surface area contributed by atoms with Crippen molar-refractivity contribution in [2.45, 2.75) is 12.8 Å². The zero-order chi connectivity index (χ0) is 11.3. The van der Waals surface area contributed by atoms with Gasteiger partial charge in [0.15, 0.2) is 11.6 Å². The number of hydrogen-bond donors (Lipinski definition) is 1. The fourth-order valence-electron chi connectivity index (χ4n) is 1.07. The molecule has 0 atom stereocenters. The molecule has 5 heteroatoms. The molecule has 2 nitrogen and oxygen atoms in total. The van der Waals surface area contributed by atoms with Crippen LogP contribution in [0.5, 0.6) is 5.75 Å². The van der Waals surface area contributed by atoms with Crippen molar-refractivity contribution in [2.24, 2.45) is 5.73 Å². The average molecular weight is 280 g/mol. The van der Waals surface area contributed by atoms with Crippen LogP contribution >= 0.6 is 15.9 Å². The van der Waals surface area contributed by atoms with Crippen molar-refractivity contribution in [3.63, 3.8) is 0 Å². The van der Waals surface area contributed by atoms with Crippen molar-refractivity contribution in [3.8, 4) is 5.75 Å². The zero-order valence-electron chi connectivity index (χ0n) is 8.10. The average Bonchev–Trinajstić information content (AvgIpc) is 2.19. The Morgan fingerprint density at radius 3 is 2.67 bits per heavy atom. The maximum Gasteiger partial charge on any atom is 0.200 e. The first kappa shape index (κ1) is 12.4. The Hall–Kier alpha value is -0.680. The highest BCUT2D eigenvalue weighted by Crippen LogP contribution is 2.25. The molecule has 2 N–H and O–H groups in total.